The van der Waals surface area contributed by atoms with Crippen LogP contribution in [0.5, 0.6) is 5.75 Å². The third-order valence-electron chi connectivity index (χ3n) is 12.1. The van der Waals surface area contributed by atoms with Crippen LogP contribution in [0.4, 0.5) is 8.78 Å². The molecule has 2 fully saturated rings. The Morgan fingerprint density at radius 3 is 1.66 bits per heavy atom. The quantitative estimate of drug-likeness (QED) is 0.0980. The Hall–Kier alpha value is -5.51. The molecule has 4 amide bonds. The van der Waals surface area contributed by atoms with E-state index in [1.54, 1.807) is 55.0 Å². The van der Waals surface area contributed by atoms with Gasteiger partial charge in [0.05, 0.1) is 31.8 Å². The summed E-state index contributed by atoms with van der Waals surface area (Å²) in [7, 11) is 1.56. The van der Waals surface area contributed by atoms with E-state index in [9.17, 15) is 28.0 Å². The minimum atomic E-state index is -0.813. The van der Waals surface area contributed by atoms with Crippen molar-refractivity contribution in [2.24, 2.45) is 11.8 Å². The molecule has 6 aromatic rings. The van der Waals surface area contributed by atoms with Gasteiger partial charge in [-0.1, -0.05) is 43.4 Å². The smallest absolute Gasteiger partial charge is 0.261 e. The SMILES string of the molecule is COc1ccc(Cl)cc1C(=O)N1CCC(CCCCNC(=O)c2cc3ccncc3s2)CC1.O=C(NCCCCC1CCN(C(=O)c2c(F)cccc2F)CC1)c1cc2ccncc2s1. The molecule has 342 valence electrons. The number of benzene rings is 2. The van der Waals surface area contributed by atoms with Crippen LogP contribution in [0, 0.1) is 23.5 Å². The van der Waals surface area contributed by atoms with Crippen molar-refractivity contribution in [3.05, 3.63) is 123 Å². The lowest BCUT2D eigenvalue weighted by molar-refractivity contribution is 0.0670. The number of aromatic nitrogens is 2. The summed E-state index contributed by atoms with van der Waals surface area (Å²) in [4.78, 5) is 63.2. The molecule has 0 unspecified atom stereocenters. The second kappa shape index (κ2) is 23.1. The third kappa shape index (κ3) is 12.6. The molecule has 16 heteroatoms. The van der Waals surface area contributed by atoms with E-state index in [1.807, 2.05) is 29.2 Å². The number of pyridine rings is 2. The van der Waals surface area contributed by atoms with E-state index >= 15 is 0 Å². The monoisotopic (exact) mass is 942 g/mol. The number of nitrogens with one attached hydrogen (secondary N) is 2. The van der Waals surface area contributed by atoms with Gasteiger partial charge in [0.15, 0.2) is 0 Å². The third-order valence-corrected chi connectivity index (χ3v) is 14.5. The molecule has 65 heavy (non-hydrogen) atoms. The second-order valence-electron chi connectivity index (χ2n) is 16.5. The van der Waals surface area contributed by atoms with Gasteiger partial charge in [-0.3, -0.25) is 29.1 Å². The van der Waals surface area contributed by atoms with Gasteiger partial charge in [0.2, 0.25) is 0 Å². The van der Waals surface area contributed by atoms with Crippen molar-refractivity contribution >= 4 is 78.1 Å². The van der Waals surface area contributed by atoms with Crippen molar-refractivity contribution in [2.45, 2.75) is 64.2 Å². The van der Waals surface area contributed by atoms with Crippen LogP contribution in [-0.4, -0.2) is 89.8 Å². The Morgan fingerprint density at radius 2 is 1.18 bits per heavy atom. The van der Waals surface area contributed by atoms with Gasteiger partial charge in [0, 0.05) is 69.1 Å². The number of methoxy groups -OCH3 is 1. The Kier molecular flexibility index (Phi) is 16.9. The predicted octanol–water partition coefficient (Wildman–Crippen LogP) is 10.4. The Labute approximate surface area is 390 Å². The Bertz CT molecular complexity index is 2500. The first kappa shape index (κ1) is 47.5. The van der Waals surface area contributed by atoms with Crippen LogP contribution >= 0.6 is 34.3 Å². The first-order chi connectivity index (χ1) is 31.6. The summed E-state index contributed by atoms with van der Waals surface area (Å²) in [5.74, 6) is -0.639. The van der Waals surface area contributed by atoms with E-state index < -0.39 is 23.1 Å². The average Bonchev–Trinajstić information content (AvgIpc) is 3.97. The molecule has 2 aliphatic heterocycles. The minimum Gasteiger partial charge on any atom is -0.496 e. The van der Waals surface area contributed by atoms with Crippen molar-refractivity contribution in [3.63, 3.8) is 0 Å². The first-order valence-corrected chi connectivity index (χ1v) is 24.2. The highest BCUT2D eigenvalue weighted by Crippen LogP contribution is 2.30. The van der Waals surface area contributed by atoms with E-state index in [0.29, 0.717) is 59.2 Å². The molecule has 2 saturated heterocycles. The van der Waals surface area contributed by atoms with Crippen LogP contribution in [0.1, 0.15) is 104 Å². The maximum Gasteiger partial charge on any atom is 0.261 e. The van der Waals surface area contributed by atoms with Crippen molar-refractivity contribution in [1.29, 1.82) is 0 Å². The number of fused-ring (bicyclic) bond motifs is 2. The number of hydrogen-bond donors (Lipinski definition) is 2. The molecule has 0 saturated carbocycles. The maximum atomic E-state index is 13.9. The molecule has 0 atom stereocenters. The summed E-state index contributed by atoms with van der Waals surface area (Å²) < 4.78 is 35.1. The molecular formula is C49H53ClF2N6O5S2. The molecule has 0 radical (unpaired) electrons. The summed E-state index contributed by atoms with van der Waals surface area (Å²) in [6, 6.07) is 16.3. The number of thiophene rings is 2. The van der Waals surface area contributed by atoms with Crippen LogP contribution in [0.15, 0.2) is 85.5 Å². The highest BCUT2D eigenvalue weighted by molar-refractivity contribution is 7.21. The number of likely N-dealkylation sites (tertiary alicyclic amines) is 2. The summed E-state index contributed by atoms with van der Waals surface area (Å²) in [6.45, 7) is 3.81. The standard InChI is InChI=1S/C25H28ClN3O3S.C24H25F2N3O2S/c1-32-21-6-5-19(26)15-20(21)25(31)29-12-8-17(9-13-29)4-2-3-10-28-24(30)22-14-18-7-11-27-16-23(18)33-22;25-18-5-3-6-19(26)22(18)24(31)29-12-8-16(9-13-29)4-1-2-10-28-23(30)20-14-17-7-11-27-15-21(17)32-20/h5-7,11,14-17H,2-4,8-10,12-13H2,1H3,(H,28,30);3,5-7,11,14-16H,1-2,4,8-10,12-13H2,(H,28,30). The van der Waals surface area contributed by atoms with Crippen molar-refractivity contribution in [1.82, 2.24) is 30.4 Å². The van der Waals surface area contributed by atoms with Crippen molar-refractivity contribution in [3.8, 4) is 5.75 Å². The molecule has 6 heterocycles. The zero-order valence-corrected chi connectivity index (χ0v) is 38.7. The summed E-state index contributed by atoms with van der Waals surface area (Å²) in [5.41, 5.74) is 0.0608. The molecule has 2 aliphatic rings. The van der Waals surface area contributed by atoms with E-state index in [4.69, 9.17) is 16.3 Å². The largest absolute Gasteiger partial charge is 0.496 e. The van der Waals surface area contributed by atoms with Gasteiger partial charge in [-0.15, -0.1) is 22.7 Å². The number of halogens is 3. The number of unbranched alkanes of at least 4 members (excludes halogenated alkanes) is 2. The number of ether oxygens (including phenoxy) is 1. The Balaban J connectivity index is 0.000000194. The molecule has 2 N–H and O–H groups in total. The minimum absolute atomic E-state index is 0.0144. The molecule has 11 nitrogen and oxygen atoms in total. The lowest BCUT2D eigenvalue weighted by Crippen LogP contribution is -2.39. The first-order valence-electron chi connectivity index (χ1n) is 22.2. The van der Waals surface area contributed by atoms with Gasteiger partial charge >= 0.3 is 0 Å². The second-order valence-corrected chi connectivity index (χ2v) is 19.1. The van der Waals surface area contributed by atoms with Crippen LogP contribution in [0.2, 0.25) is 5.02 Å². The zero-order chi connectivity index (χ0) is 45.7. The highest BCUT2D eigenvalue weighted by Gasteiger charge is 2.28. The molecule has 2 aromatic carbocycles. The van der Waals surface area contributed by atoms with Crippen molar-refractivity contribution < 1.29 is 32.7 Å². The maximum absolute atomic E-state index is 13.9. The fraction of sp³-hybridized carbons (Fsp3) is 0.388. The number of carbonyl (C=O) groups is 4. The number of nitrogens with zero attached hydrogens (tertiary/aromatic N) is 4. The van der Waals surface area contributed by atoms with E-state index in [-0.39, 0.29) is 17.7 Å². The van der Waals surface area contributed by atoms with Gasteiger partial charge in [0.1, 0.15) is 22.9 Å². The number of amides is 4. The number of carbonyl (C=O) groups excluding carboxylic acids is 4. The average molecular weight is 944 g/mol. The van der Waals surface area contributed by atoms with Gasteiger partial charge in [-0.25, -0.2) is 8.78 Å². The zero-order valence-electron chi connectivity index (χ0n) is 36.3. The van der Waals surface area contributed by atoms with Crippen LogP contribution in [0.25, 0.3) is 20.2 Å². The molecule has 0 spiro atoms. The summed E-state index contributed by atoms with van der Waals surface area (Å²) >= 11 is 9.00. The van der Waals surface area contributed by atoms with E-state index in [0.717, 1.165) is 114 Å². The summed E-state index contributed by atoms with van der Waals surface area (Å²) in [6.07, 6.45) is 16.7. The van der Waals surface area contributed by atoms with Gasteiger partial charge in [-0.05, 0) is 116 Å². The molecule has 0 bridgehead atoms. The number of hydrogen-bond acceptors (Lipinski definition) is 9. The number of rotatable bonds is 15. The van der Waals surface area contributed by atoms with Gasteiger partial charge in [-0.2, -0.15) is 0 Å². The topological polar surface area (TPSA) is 134 Å². The van der Waals surface area contributed by atoms with Crippen LogP contribution in [-0.2, 0) is 0 Å². The predicted molar refractivity (Wildman–Crippen MR) is 253 cm³/mol. The fourth-order valence-corrected chi connectivity index (χ4v) is 10.5. The molecular weight excluding hydrogens is 890 g/mol. The van der Waals surface area contributed by atoms with Crippen molar-refractivity contribution in [2.75, 3.05) is 46.4 Å². The molecule has 0 aliphatic carbocycles. The lowest BCUT2D eigenvalue weighted by Gasteiger charge is -2.32. The summed E-state index contributed by atoms with van der Waals surface area (Å²) in [5, 5.41) is 8.62. The van der Waals surface area contributed by atoms with E-state index in [2.05, 4.69) is 20.6 Å². The van der Waals surface area contributed by atoms with Crippen LogP contribution < -0.4 is 15.4 Å². The lowest BCUT2D eigenvalue weighted by atomic mass is 9.91. The van der Waals surface area contributed by atoms with E-state index in [1.165, 1.54) is 28.7 Å². The molecule has 4 aromatic heterocycles. The van der Waals surface area contributed by atoms with Gasteiger partial charge < -0.3 is 25.2 Å². The number of piperidine rings is 2. The van der Waals surface area contributed by atoms with Gasteiger partial charge in [0.25, 0.3) is 23.6 Å². The van der Waals surface area contributed by atoms with Crippen LogP contribution in [0.3, 0.4) is 0 Å². The fourth-order valence-electron chi connectivity index (χ4n) is 8.41. The highest BCUT2D eigenvalue weighted by atomic mass is 35.5. The molecule has 8 rings (SSSR count). The normalized spacial score (nSPS) is 14.5. The Morgan fingerprint density at radius 1 is 0.692 bits per heavy atom.